The van der Waals surface area contributed by atoms with Gasteiger partial charge in [0.1, 0.15) is 0 Å². The highest BCUT2D eigenvalue weighted by Gasteiger charge is 2.03. The Balaban J connectivity index is 2.48. The molecular formula is C11H7ClFN. The number of pyridine rings is 1. The van der Waals surface area contributed by atoms with Crippen molar-refractivity contribution >= 4 is 11.6 Å². The number of halogens is 2. The molecule has 1 aromatic heterocycles. The van der Waals surface area contributed by atoms with E-state index < -0.39 is 5.95 Å². The summed E-state index contributed by atoms with van der Waals surface area (Å²) in [6, 6.07) is 12.6. The Morgan fingerprint density at radius 2 is 1.71 bits per heavy atom. The topological polar surface area (TPSA) is 12.9 Å². The molecule has 0 spiro atoms. The Hall–Kier alpha value is -1.41. The maximum Gasteiger partial charge on any atom is 0.232 e. The van der Waals surface area contributed by atoms with Crippen LogP contribution in [0.5, 0.6) is 0 Å². The van der Waals surface area contributed by atoms with Crippen LogP contribution in [0.3, 0.4) is 0 Å². The van der Waals surface area contributed by atoms with Crippen LogP contribution in [0.1, 0.15) is 0 Å². The van der Waals surface area contributed by atoms with Crippen LogP contribution in [0.25, 0.3) is 11.3 Å². The third-order valence-electron chi connectivity index (χ3n) is 1.87. The molecular weight excluding hydrogens is 201 g/mol. The zero-order valence-electron chi connectivity index (χ0n) is 7.24. The minimum atomic E-state index is -0.631. The van der Waals surface area contributed by atoms with Gasteiger partial charge < -0.3 is 0 Å². The summed E-state index contributed by atoms with van der Waals surface area (Å²) in [7, 11) is 0. The summed E-state index contributed by atoms with van der Waals surface area (Å²) in [6.07, 6.45) is 0. The van der Waals surface area contributed by atoms with Gasteiger partial charge in [0.2, 0.25) is 5.95 Å². The number of aromatic nitrogens is 1. The molecule has 0 unspecified atom stereocenters. The van der Waals surface area contributed by atoms with E-state index in [1.807, 2.05) is 30.3 Å². The van der Waals surface area contributed by atoms with Crippen molar-refractivity contribution in [3.8, 4) is 11.3 Å². The smallest absolute Gasteiger partial charge is 0.218 e. The predicted molar refractivity (Wildman–Crippen MR) is 54.6 cm³/mol. The molecule has 0 aliphatic heterocycles. The first-order chi connectivity index (χ1) is 6.77. The summed E-state index contributed by atoms with van der Waals surface area (Å²) in [4.78, 5) is 3.74. The summed E-state index contributed by atoms with van der Waals surface area (Å²) in [5.41, 5.74) is 1.47. The fraction of sp³-hybridized carbons (Fsp3) is 0. The Bertz CT molecular complexity index is 442. The van der Waals surface area contributed by atoms with Crippen LogP contribution >= 0.6 is 11.6 Å². The molecule has 2 aromatic rings. The van der Waals surface area contributed by atoms with E-state index in [1.54, 1.807) is 6.07 Å². The normalized spacial score (nSPS) is 10.1. The predicted octanol–water partition coefficient (Wildman–Crippen LogP) is 3.54. The molecule has 2 rings (SSSR count). The highest BCUT2D eigenvalue weighted by molar-refractivity contribution is 6.30. The standard InChI is InChI=1S/C11H7ClFN/c12-9-6-7-10(14-11(9)13)8-4-2-1-3-5-8/h1-7H. The number of rotatable bonds is 1. The van der Waals surface area contributed by atoms with Crippen LogP contribution in [-0.4, -0.2) is 4.98 Å². The van der Waals surface area contributed by atoms with Gasteiger partial charge in [-0.3, -0.25) is 0 Å². The maximum atomic E-state index is 13.0. The number of benzene rings is 1. The van der Waals surface area contributed by atoms with Gasteiger partial charge in [0, 0.05) is 5.56 Å². The summed E-state index contributed by atoms with van der Waals surface area (Å²) < 4.78 is 13.0. The Morgan fingerprint density at radius 1 is 1.00 bits per heavy atom. The third kappa shape index (κ3) is 1.75. The average Bonchev–Trinajstić information content (AvgIpc) is 2.23. The second kappa shape index (κ2) is 3.76. The van der Waals surface area contributed by atoms with Crippen LogP contribution in [-0.2, 0) is 0 Å². The molecule has 0 saturated heterocycles. The quantitative estimate of drug-likeness (QED) is 0.652. The fourth-order valence-electron chi connectivity index (χ4n) is 1.19. The van der Waals surface area contributed by atoms with E-state index in [1.165, 1.54) is 6.07 Å². The zero-order chi connectivity index (χ0) is 9.97. The first-order valence-electron chi connectivity index (χ1n) is 4.15. The number of hydrogen-bond donors (Lipinski definition) is 0. The number of hydrogen-bond acceptors (Lipinski definition) is 1. The van der Waals surface area contributed by atoms with Gasteiger partial charge in [-0.25, -0.2) is 4.98 Å². The summed E-state index contributed by atoms with van der Waals surface area (Å²) in [5, 5.41) is 0.0460. The van der Waals surface area contributed by atoms with Gasteiger partial charge in [0.05, 0.1) is 10.7 Å². The van der Waals surface area contributed by atoms with Crippen LogP contribution in [0, 0.1) is 5.95 Å². The molecule has 1 nitrogen and oxygen atoms in total. The monoisotopic (exact) mass is 207 g/mol. The molecule has 0 amide bonds. The Morgan fingerprint density at radius 3 is 2.36 bits per heavy atom. The van der Waals surface area contributed by atoms with Gasteiger partial charge in [-0.1, -0.05) is 41.9 Å². The molecule has 0 atom stereocenters. The molecule has 1 heterocycles. The molecule has 0 aliphatic rings. The van der Waals surface area contributed by atoms with E-state index >= 15 is 0 Å². The summed E-state index contributed by atoms with van der Waals surface area (Å²) >= 11 is 5.53. The fourth-order valence-corrected chi connectivity index (χ4v) is 1.29. The molecule has 3 heteroatoms. The van der Waals surface area contributed by atoms with Crippen molar-refractivity contribution in [3.05, 3.63) is 53.4 Å². The summed E-state index contributed by atoms with van der Waals surface area (Å²) in [5.74, 6) is -0.631. The third-order valence-corrected chi connectivity index (χ3v) is 2.15. The van der Waals surface area contributed by atoms with E-state index in [4.69, 9.17) is 11.6 Å². The highest BCUT2D eigenvalue weighted by atomic mass is 35.5. The molecule has 0 bridgehead atoms. The van der Waals surface area contributed by atoms with E-state index in [0.29, 0.717) is 5.69 Å². The van der Waals surface area contributed by atoms with E-state index in [2.05, 4.69) is 4.98 Å². The van der Waals surface area contributed by atoms with Gasteiger partial charge in [-0.15, -0.1) is 0 Å². The van der Waals surface area contributed by atoms with E-state index in [0.717, 1.165) is 5.56 Å². The molecule has 0 radical (unpaired) electrons. The van der Waals surface area contributed by atoms with E-state index in [-0.39, 0.29) is 5.02 Å². The number of nitrogens with zero attached hydrogens (tertiary/aromatic N) is 1. The second-order valence-electron chi connectivity index (χ2n) is 2.84. The first-order valence-corrected chi connectivity index (χ1v) is 4.52. The van der Waals surface area contributed by atoms with Gasteiger partial charge in [0.15, 0.2) is 0 Å². The van der Waals surface area contributed by atoms with Crippen LogP contribution < -0.4 is 0 Å². The van der Waals surface area contributed by atoms with Gasteiger partial charge in [0.25, 0.3) is 0 Å². The van der Waals surface area contributed by atoms with Crippen molar-refractivity contribution in [2.75, 3.05) is 0 Å². The van der Waals surface area contributed by atoms with Crippen molar-refractivity contribution in [3.63, 3.8) is 0 Å². The highest BCUT2D eigenvalue weighted by Crippen LogP contribution is 2.20. The summed E-state index contributed by atoms with van der Waals surface area (Å²) in [6.45, 7) is 0. The van der Waals surface area contributed by atoms with Crippen molar-refractivity contribution < 1.29 is 4.39 Å². The average molecular weight is 208 g/mol. The van der Waals surface area contributed by atoms with E-state index in [9.17, 15) is 4.39 Å². The zero-order valence-corrected chi connectivity index (χ0v) is 8.00. The minimum absolute atomic E-state index is 0.0460. The lowest BCUT2D eigenvalue weighted by atomic mass is 10.1. The Labute approximate surface area is 86.2 Å². The molecule has 0 N–H and O–H groups in total. The SMILES string of the molecule is Fc1nc(-c2ccccc2)ccc1Cl. The lowest BCUT2D eigenvalue weighted by molar-refractivity contribution is 0.586. The molecule has 70 valence electrons. The lowest BCUT2D eigenvalue weighted by Crippen LogP contribution is -1.88. The van der Waals surface area contributed by atoms with Crippen LogP contribution in [0.15, 0.2) is 42.5 Å². The molecule has 1 aromatic carbocycles. The van der Waals surface area contributed by atoms with Crippen LogP contribution in [0.2, 0.25) is 5.02 Å². The largest absolute Gasteiger partial charge is 0.232 e. The van der Waals surface area contributed by atoms with Gasteiger partial charge >= 0.3 is 0 Å². The Kier molecular flexibility index (Phi) is 2.46. The van der Waals surface area contributed by atoms with Crippen molar-refractivity contribution in [1.82, 2.24) is 4.98 Å². The molecule has 14 heavy (non-hydrogen) atoms. The second-order valence-corrected chi connectivity index (χ2v) is 3.24. The van der Waals surface area contributed by atoms with Gasteiger partial charge in [-0.2, -0.15) is 4.39 Å². The van der Waals surface area contributed by atoms with Crippen LogP contribution in [0.4, 0.5) is 4.39 Å². The molecule has 0 fully saturated rings. The van der Waals surface area contributed by atoms with Gasteiger partial charge in [-0.05, 0) is 12.1 Å². The van der Waals surface area contributed by atoms with Crippen molar-refractivity contribution in [2.24, 2.45) is 0 Å². The molecule has 0 saturated carbocycles. The van der Waals surface area contributed by atoms with Crippen molar-refractivity contribution in [2.45, 2.75) is 0 Å². The van der Waals surface area contributed by atoms with Crippen molar-refractivity contribution in [1.29, 1.82) is 0 Å². The minimum Gasteiger partial charge on any atom is -0.218 e. The molecule has 0 aliphatic carbocycles. The lowest BCUT2D eigenvalue weighted by Gasteiger charge is -2.00. The first kappa shape index (κ1) is 9.16. The maximum absolute atomic E-state index is 13.0.